The highest BCUT2D eigenvalue weighted by molar-refractivity contribution is 6.07. The van der Waals surface area contributed by atoms with E-state index in [1.165, 1.54) is 5.56 Å². The second-order valence-corrected chi connectivity index (χ2v) is 6.49. The topological polar surface area (TPSA) is 33.2 Å². The molecule has 0 radical (unpaired) electrons. The quantitative estimate of drug-likeness (QED) is 0.833. The molecule has 2 aromatic rings. The molecular weight excluding hydrogens is 272 g/mol. The van der Waals surface area contributed by atoms with Crippen LogP contribution in [-0.2, 0) is 0 Å². The van der Waals surface area contributed by atoms with Crippen LogP contribution in [0, 0.1) is 20.8 Å². The lowest BCUT2D eigenvalue weighted by molar-refractivity contribution is 0.0735. The minimum Gasteiger partial charge on any atom is -0.336 e. The second-order valence-electron chi connectivity index (χ2n) is 6.49. The molecule has 0 aliphatic carbocycles. The van der Waals surface area contributed by atoms with E-state index >= 15 is 0 Å². The number of fused-ring (bicyclic) bond motifs is 1. The lowest BCUT2D eigenvalue weighted by Gasteiger charge is -2.25. The molecule has 0 saturated carbocycles. The van der Waals surface area contributed by atoms with Crippen LogP contribution in [0.3, 0.4) is 0 Å². The largest absolute Gasteiger partial charge is 0.336 e. The van der Waals surface area contributed by atoms with Crippen LogP contribution in [0.1, 0.15) is 53.4 Å². The van der Waals surface area contributed by atoms with Crippen molar-refractivity contribution in [3.8, 4) is 0 Å². The second kappa shape index (κ2) is 5.71. The molecule has 1 saturated heterocycles. The van der Waals surface area contributed by atoms with Crippen molar-refractivity contribution in [1.29, 1.82) is 0 Å². The zero-order valence-corrected chi connectivity index (χ0v) is 13.9. The summed E-state index contributed by atoms with van der Waals surface area (Å²) in [6.07, 6.45) is 3.28. The molecule has 0 bridgehead atoms. The van der Waals surface area contributed by atoms with Gasteiger partial charge in [-0.1, -0.05) is 13.0 Å². The molecule has 1 atom stereocenters. The Balaban J connectivity index is 2.16. The number of rotatable bonds is 2. The first-order valence-electron chi connectivity index (χ1n) is 8.21. The summed E-state index contributed by atoms with van der Waals surface area (Å²) in [5.41, 5.74) is 4.99. The fourth-order valence-corrected chi connectivity index (χ4v) is 3.74. The third-order valence-electron chi connectivity index (χ3n) is 4.72. The molecule has 22 heavy (non-hydrogen) atoms. The number of carbonyl (C=O) groups is 1. The Morgan fingerprint density at radius 2 is 2.05 bits per heavy atom. The summed E-state index contributed by atoms with van der Waals surface area (Å²) < 4.78 is 0. The summed E-state index contributed by atoms with van der Waals surface area (Å²) in [4.78, 5) is 19.8. The summed E-state index contributed by atoms with van der Waals surface area (Å²) in [6, 6.07) is 6.56. The lowest BCUT2D eigenvalue weighted by Crippen LogP contribution is -2.35. The molecular formula is C19H24N2O. The number of carbonyl (C=O) groups excluding carboxylic acids is 1. The van der Waals surface area contributed by atoms with Gasteiger partial charge in [0.15, 0.2) is 0 Å². The molecule has 1 aromatic heterocycles. The van der Waals surface area contributed by atoms with Crippen LogP contribution in [0.5, 0.6) is 0 Å². The zero-order chi connectivity index (χ0) is 15.9. The molecule has 3 nitrogen and oxygen atoms in total. The minimum atomic E-state index is 0.173. The molecule has 1 aromatic carbocycles. The number of aromatic nitrogens is 1. The van der Waals surface area contributed by atoms with Crippen molar-refractivity contribution in [1.82, 2.24) is 9.88 Å². The normalized spacial score (nSPS) is 18.2. The number of nitrogens with zero attached hydrogens (tertiary/aromatic N) is 2. The average Bonchev–Trinajstić information content (AvgIpc) is 2.93. The summed E-state index contributed by atoms with van der Waals surface area (Å²) in [7, 11) is 0. The van der Waals surface area contributed by atoms with E-state index in [0.29, 0.717) is 6.04 Å². The molecule has 1 aliphatic rings. The van der Waals surface area contributed by atoms with E-state index in [1.54, 1.807) is 0 Å². The van der Waals surface area contributed by atoms with Crippen molar-refractivity contribution < 1.29 is 4.79 Å². The Morgan fingerprint density at radius 3 is 2.77 bits per heavy atom. The van der Waals surface area contributed by atoms with E-state index in [-0.39, 0.29) is 5.91 Å². The van der Waals surface area contributed by atoms with Gasteiger partial charge in [-0.3, -0.25) is 9.78 Å². The predicted octanol–water partition coefficient (Wildman–Crippen LogP) is 4.17. The SMILES string of the molecule is CC[C@H]1CCCN1C(=O)c1cc(C)nc2cc(C)cc(C)c12. The van der Waals surface area contributed by atoms with Crippen LogP contribution in [0.25, 0.3) is 10.9 Å². The van der Waals surface area contributed by atoms with Gasteiger partial charge in [0, 0.05) is 23.7 Å². The molecule has 3 heteroatoms. The average molecular weight is 296 g/mol. The van der Waals surface area contributed by atoms with E-state index in [2.05, 4.69) is 42.8 Å². The Labute approximate surface area is 132 Å². The standard InChI is InChI=1S/C19H24N2O/c1-5-15-7-6-8-21(15)19(22)16-11-14(4)20-17-10-12(2)9-13(3)18(16)17/h9-11,15H,5-8H2,1-4H3/t15-/m0/s1. The summed E-state index contributed by atoms with van der Waals surface area (Å²) in [5, 5.41) is 1.02. The molecule has 1 fully saturated rings. The van der Waals surface area contributed by atoms with Crippen LogP contribution >= 0.6 is 0 Å². The number of benzene rings is 1. The molecule has 1 amide bonds. The molecule has 116 valence electrons. The van der Waals surface area contributed by atoms with Gasteiger partial charge in [-0.25, -0.2) is 0 Å². The van der Waals surface area contributed by atoms with E-state index in [9.17, 15) is 4.79 Å². The maximum atomic E-state index is 13.1. The highest BCUT2D eigenvalue weighted by Gasteiger charge is 2.29. The Kier molecular flexibility index (Phi) is 3.90. The smallest absolute Gasteiger partial charge is 0.254 e. The van der Waals surface area contributed by atoms with Gasteiger partial charge in [-0.2, -0.15) is 0 Å². The predicted molar refractivity (Wildman–Crippen MR) is 90.3 cm³/mol. The van der Waals surface area contributed by atoms with Gasteiger partial charge < -0.3 is 4.90 Å². The highest BCUT2D eigenvalue weighted by atomic mass is 16.2. The van der Waals surface area contributed by atoms with E-state index < -0.39 is 0 Å². The summed E-state index contributed by atoms with van der Waals surface area (Å²) in [6.45, 7) is 9.16. The van der Waals surface area contributed by atoms with Crippen molar-refractivity contribution in [2.75, 3.05) is 6.54 Å². The Bertz CT molecular complexity index is 731. The Morgan fingerprint density at radius 1 is 1.27 bits per heavy atom. The van der Waals surface area contributed by atoms with Crippen molar-refractivity contribution in [2.45, 2.75) is 53.0 Å². The van der Waals surface area contributed by atoms with Crippen LogP contribution < -0.4 is 0 Å². The number of likely N-dealkylation sites (tertiary alicyclic amines) is 1. The molecule has 0 spiro atoms. The maximum Gasteiger partial charge on any atom is 0.254 e. The molecule has 3 rings (SSSR count). The number of hydrogen-bond acceptors (Lipinski definition) is 2. The van der Waals surface area contributed by atoms with Gasteiger partial charge >= 0.3 is 0 Å². The van der Waals surface area contributed by atoms with Gasteiger partial charge in [0.05, 0.1) is 11.1 Å². The number of hydrogen-bond donors (Lipinski definition) is 0. The van der Waals surface area contributed by atoms with Gasteiger partial charge in [0.1, 0.15) is 0 Å². The third-order valence-corrected chi connectivity index (χ3v) is 4.72. The Hall–Kier alpha value is -1.90. The van der Waals surface area contributed by atoms with Crippen LogP contribution in [0.4, 0.5) is 0 Å². The van der Waals surface area contributed by atoms with Gasteiger partial charge in [0.25, 0.3) is 5.91 Å². The van der Waals surface area contributed by atoms with Crippen molar-refractivity contribution in [3.05, 3.63) is 40.6 Å². The van der Waals surface area contributed by atoms with E-state index in [0.717, 1.165) is 53.5 Å². The fraction of sp³-hybridized carbons (Fsp3) is 0.474. The van der Waals surface area contributed by atoms with Crippen molar-refractivity contribution >= 4 is 16.8 Å². The van der Waals surface area contributed by atoms with Crippen LogP contribution in [-0.4, -0.2) is 28.4 Å². The van der Waals surface area contributed by atoms with Gasteiger partial charge in [0.2, 0.25) is 0 Å². The van der Waals surface area contributed by atoms with Gasteiger partial charge in [-0.15, -0.1) is 0 Å². The lowest BCUT2D eigenvalue weighted by atomic mass is 9.99. The monoisotopic (exact) mass is 296 g/mol. The minimum absolute atomic E-state index is 0.173. The molecule has 0 unspecified atom stereocenters. The first-order chi connectivity index (χ1) is 10.5. The van der Waals surface area contributed by atoms with Crippen molar-refractivity contribution in [2.24, 2.45) is 0 Å². The zero-order valence-electron chi connectivity index (χ0n) is 13.9. The van der Waals surface area contributed by atoms with Crippen molar-refractivity contribution in [3.63, 3.8) is 0 Å². The third kappa shape index (κ3) is 2.49. The molecule has 1 aliphatic heterocycles. The molecule has 0 N–H and O–H groups in total. The summed E-state index contributed by atoms with van der Waals surface area (Å²) in [5.74, 6) is 0.173. The maximum absolute atomic E-state index is 13.1. The number of aryl methyl sites for hydroxylation is 3. The highest BCUT2D eigenvalue weighted by Crippen LogP contribution is 2.28. The van der Waals surface area contributed by atoms with Crippen LogP contribution in [0.2, 0.25) is 0 Å². The number of pyridine rings is 1. The summed E-state index contributed by atoms with van der Waals surface area (Å²) >= 11 is 0. The fourth-order valence-electron chi connectivity index (χ4n) is 3.74. The van der Waals surface area contributed by atoms with E-state index in [1.807, 2.05) is 13.0 Å². The van der Waals surface area contributed by atoms with E-state index in [4.69, 9.17) is 0 Å². The van der Waals surface area contributed by atoms with Gasteiger partial charge in [-0.05, 0) is 63.3 Å². The first kappa shape index (κ1) is 15.0. The van der Waals surface area contributed by atoms with Crippen LogP contribution in [0.15, 0.2) is 18.2 Å². The molecule has 2 heterocycles. The first-order valence-corrected chi connectivity index (χ1v) is 8.21. The number of amides is 1.